The summed E-state index contributed by atoms with van der Waals surface area (Å²) in [6, 6.07) is 4.64. The van der Waals surface area contributed by atoms with Gasteiger partial charge in [0.2, 0.25) is 0 Å². The van der Waals surface area contributed by atoms with Crippen molar-refractivity contribution in [3.8, 4) is 28.8 Å². The highest BCUT2D eigenvalue weighted by atomic mass is 32.1. The number of rotatable bonds is 1. The Balaban J connectivity index is 2.20. The first kappa shape index (κ1) is 16.4. The van der Waals surface area contributed by atoms with Crippen LogP contribution < -0.4 is 10.5 Å². The van der Waals surface area contributed by atoms with Crippen molar-refractivity contribution in [3.63, 3.8) is 0 Å². The average Bonchev–Trinajstić information content (AvgIpc) is 2.94. The van der Waals surface area contributed by atoms with E-state index in [1.54, 1.807) is 6.07 Å². The van der Waals surface area contributed by atoms with Crippen molar-refractivity contribution in [2.45, 2.75) is 19.0 Å². The smallest absolute Gasteiger partial charge is 0.317 e. The van der Waals surface area contributed by atoms with E-state index in [2.05, 4.69) is 16.8 Å². The third-order valence-electron chi connectivity index (χ3n) is 3.24. The number of fused-ring (bicyclic) bond motifs is 3. The minimum Gasteiger partial charge on any atom is -0.486 e. The molecule has 0 bridgehead atoms. The molecule has 3 N–H and O–H groups in total. The number of hydrogen-bond acceptors (Lipinski definition) is 5. The topological polar surface area (TPSA) is 85.4 Å². The molecular formula is C16H12F2N2O3S. The number of carbonyl (C=O) groups excluding carboxylic acids is 1. The van der Waals surface area contributed by atoms with E-state index < -0.39 is 24.5 Å². The molecule has 1 amide bonds. The van der Waals surface area contributed by atoms with E-state index in [1.807, 2.05) is 0 Å². The number of aromatic nitrogens is 1. The molecule has 2 heterocycles. The summed E-state index contributed by atoms with van der Waals surface area (Å²) >= 11 is 0.560. The normalized spacial score (nSPS) is 15.8. The zero-order chi connectivity index (χ0) is 17.5. The molecule has 0 aliphatic carbocycles. The van der Waals surface area contributed by atoms with Crippen LogP contribution in [0.15, 0.2) is 18.2 Å². The third-order valence-corrected chi connectivity index (χ3v) is 4.42. The first-order valence-electron chi connectivity index (χ1n) is 6.93. The van der Waals surface area contributed by atoms with Crippen LogP contribution in [0.5, 0.6) is 5.75 Å². The Labute approximate surface area is 140 Å². The number of primary amides is 1. The monoisotopic (exact) mass is 350 g/mol. The van der Waals surface area contributed by atoms with Gasteiger partial charge in [0.25, 0.3) is 5.91 Å². The lowest BCUT2D eigenvalue weighted by molar-refractivity contribution is -0.0412. The fourth-order valence-electron chi connectivity index (χ4n) is 2.20. The summed E-state index contributed by atoms with van der Waals surface area (Å²) in [7, 11) is 0. The molecule has 0 saturated heterocycles. The predicted molar refractivity (Wildman–Crippen MR) is 84.0 cm³/mol. The highest BCUT2D eigenvalue weighted by Gasteiger charge is 2.42. The lowest BCUT2D eigenvalue weighted by Crippen LogP contribution is -2.20. The Morgan fingerprint density at radius 3 is 2.96 bits per heavy atom. The van der Waals surface area contributed by atoms with Gasteiger partial charge in [-0.3, -0.25) is 4.79 Å². The van der Waals surface area contributed by atoms with Gasteiger partial charge >= 0.3 is 5.92 Å². The molecule has 3 rings (SSSR count). The highest BCUT2D eigenvalue weighted by molar-refractivity contribution is 7.14. The number of aliphatic hydroxyl groups excluding tert-OH is 1. The number of benzene rings is 1. The second-order valence-corrected chi connectivity index (χ2v) is 6.21. The molecule has 1 atom stereocenters. The average molecular weight is 350 g/mol. The van der Waals surface area contributed by atoms with Crippen LogP contribution in [0.25, 0.3) is 11.3 Å². The van der Waals surface area contributed by atoms with Crippen LogP contribution in [0.4, 0.5) is 8.78 Å². The number of halogens is 2. The Bertz CT molecular complexity index is 881. The van der Waals surface area contributed by atoms with Gasteiger partial charge in [-0.2, -0.15) is 8.78 Å². The summed E-state index contributed by atoms with van der Waals surface area (Å²) in [6.45, 7) is 0.657. The second-order valence-electron chi connectivity index (χ2n) is 5.21. The number of nitrogens with two attached hydrogens (primary N) is 1. The van der Waals surface area contributed by atoms with Gasteiger partial charge in [0.05, 0.1) is 5.69 Å². The SMILES string of the molecule is CC(O)C#Cc1ccc2c(c1)-c1nc(C(N)=O)sc1C(F)(F)CO2. The zero-order valence-corrected chi connectivity index (χ0v) is 13.3. The van der Waals surface area contributed by atoms with Crippen LogP contribution in [0, 0.1) is 11.8 Å². The first-order chi connectivity index (χ1) is 11.3. The van der Waals surface area contributed by atoms with E-state index in [0.29, 0.717) is 22.5 Å². The molecular weight excluding hydrogens is 338 g/mol. The highest BCUT2D eigenvalue weighted by Crippen LogP contribution is 2.46. The molecule has 24 heavy (non-hydrogen) atoms. The van der Waals surface area contributed by atoms with Crippen LogP contribution in [0.2, 0.25) is 0 Å². The predicted octanol–water partition coefficient (Wildman–Crippen LogP) is 2.13. The molecule has 0 saturated carbocycles. The van der Waals surface area contributed by atoms with Crippen molar-refractivity contribution < 1.29 is 23.4 Å². The van der Waals surface area contributed by atoms with Crippen LogP contribution in [0.3, 0.4) is 0 Å². The number of ether oxygens (including phenoxy) is 1. The van der Waals surface area contributed by atoms with Crippen LogP contribution >= 0.6 is 11.3 Å². The number of carbonyl (C=O) groups is 1. The molecule has 0 spiro atoms. The first-order valence-corrected chi connectivity index (χ1v) is 7.75. The minimum absolute atomic E-state index is 0.0352. The number of alkyl halides is 2. The molecule has 1 aliphatic rings. The Kier molecular flexibility index (Phi) is 3.99. The molecule has 124 valence electrons. The van der Waals surface area contributed by atoms with E-state index >= 15 is 0 Å². The Morgan fingerprint density at radius 2 is 2.29 bits per heavy atom. The van der Waals surface area contributed by atoms with Gasteiger partial charge in [-0.15, -0.1) is 11.3 Å². The van der Waals surface area contributed by atoms with E-state index in [-0.39, 0.29) is 21.3 Å². The molecule has 1 aromatic carbocycles. The maximum Gasteiger partial charge on any atom is 0.317 e. The van der Waals surface area contributed by atoms with Crippen molar-refractivity contribution in [2.75, 3.05) is 6.61 Å². The van der Waals surface area contributed by atoms with Gasteiger partial charge in [0, 0.05) is 11.1 Å². The second kappa shape index (κ2) is 5.85. The Hall–Kier alpha value is -2.50. The van der Waals surface area contributed by atoms with Gasteiger partial charge in [-0.25, -0.2) is 4.98 Å². The summed E-state index contributed by atoms with van der Waals surface area (Å²) in [6.07, 6.45) is -0.819. The Morgan fingerprint density at radius 1 is 1.54 bits per heavy atom. The van der Waals surface area contributed by atoms with Crippen molar-refractivity contribution in [1.29, 1.82) is 0 Å². The molecule has 0 radical (unpaired) electrons. The number of thiazole rings is 1. The van der Waals surface area contributed by atoms with Crippen molar-refractivity contribution in [1.82, 2.24) is 4.98 Å². The minimum atomic E-state index is -3.29. The largest absolute Gasteiger partial charge is 0.486 e. The van der Waals surface area contributed by atoms with Gasteiger partial charge in [0.15, 0.2) is 11.6 Å². The summed E-state index contributed by atoms with van der Waals surface area (Å²) in [5.74, 6) is 1.38. The molecule has 8 heteroatoms. The van der Waals surface area contributed by atoms with E-state index in [9.17, 15) is 18.7 Å². The fourth-order valence-corrected chi connectivity index (χ4v) is 3.09. The molecule has 2 aromatic rings. The van der Waals surface area contributed by atoms with Crippen molar-refractivity contribution in [2.24, 2.45) is 5.73 Å². The molecule has 1 aliphatic heterocycles. The number of aliphatic hydroxyl groups is 1. The summed E-state index contributed by atoms with van der Waals surface area (Å²) in [5.41, 5.74) is 5.94. The molecule has 1 unspecified atom stereocenters. The number of hydrogen-bond donors (Lipinski definition) is 2. The lowest BCUT2D eigenvalue weighted by atomic mass is 10.1. The quantitative estimate of drug-likeness (QED) is 0.772. The zero-order valence-electron chi connectivity index (χ0n) is 12.5. The summed E-state index contributed by atoms with van der Waals surface area (Å²) < 4.78 is 33.8. The van der Waals surface area contributed by atoms with Crippen LogP contribution in [-0.4, -0.2) is 28.7 Å². The van der Waals surface area contributed by atoms with Gasteiger partial charge < -0.3 is 15.6 Å². The van der Waals surface area contributed by atoms with E-state index in [4.69, 9.17) is 10.5 Å². The van der Waals surface area contributed by atoms with Crippen LogP contribution in [-0.2, 0) is 5.92 Å². The van der Waals surface area contributed by atoms with Crippen molar-refractivity contribution >= 4 is 17.2 Å². The number of amides is 1. The number of nitrogens with zero attached hydrogens (tertiary/aromatic N) is 1. The van der Waals surface area contributed by atoms with Gasteiger partial charge in [-0.1, -0.05) is 11.8 Å². The fraction of sp³-hybridized carbons (Fsp3) is 0.250. The van der Waals surface area contributed by atoms with Crippen molar-refractivity contribution in [3.05, 3.63) is 33.6 Å². The maximum absolute atomic E-state index is 14.3. The third kappa shape index (κ3) is 2.96. The van der Waals surface area contributed by atoms with Gasteiger partial charge in [0.1, 0.15) is 16.7 Å². The van der Waals surface area contributed by atoms with E-state index in [1.165, 1.54) is 19.1 Å². The summed E-state index contributed by atoms with van der Waals surface area (Å²) in [4.78, 5) is 14.9. The van der Waals surface area contributed by atoms with Gasteiger partial charge in [-0.05, 0) is 25.1 Å². The standard InChI is InChI=1S/C16H12F2N2O3S/c1-8(21)2-3-9-4-5-11-10(6-9)12-13(16(17,18)7-23-11)24-15(20-12)14(19)22/h4-6,8,21H,7H2,1H3,(H2,19,22). The molecule has 0 fully saturated rings. The van der Waals surface area contributed by atoms with Crippen LogP contribution in [0.1, 0.15) is 27.2 Å². The molecule has 5 nitrogen and oxygen atoms in total. The molecule has 1 aromatic heterocycles. The van der Waals surface area contributed by atoms with E-state index in [0.717, 1.165) is 0 Å². The lowest BCUT2D eigenvalue weighted by Gasteiger charge is -2.12. The summed E-state index contributed by atoms with van der Waals surface area (Å²) in [5, 5.41) is 9.04. The maximum atomic E-state index is 14.3.